The Balaban J connectivity index is 1.85. The quantitative estimate of drug-likeness (QED) is 0.524. The highest BCUT2D eigenvalue weighted by Gasteiger charge is 2.12. The third-order valence-corrected chi connectivity index (χ3v) is 4.20. The summed E-state index contributed by atoms with van der Waals surface area (Å²) in [5, 5.41) is 2.75. The molecular weight excluding hydrogens is 386 g/mol. The van der Waals surface area contributed by atoms with Crippen LogP contribution in [0.2, 0.25) is 5.02 Å². The fourth-order valence-electron chi connectivity index (χ4n) is 2.03. The number of carbonyl (C=O) groups is 2. The molecule has 0 bridgehead atoms. The van der Waals surface area contributed by atoms with Gasteiger partial charge in [-0.2, -0.15) is 0 Å². The Morgan fingerprint density at radius 3 is 2.37 bits per heavy atom. The van der Waals surface area contributed by atoms with Crippen LogP contribution in [0, 0.1) is 0 Å². The highest BCUT2D eigenvalue weighted by molar-refractivity contribution is 7.80. The average Bonchev–Trinajstić information content (AvgIpc) is 2.66. The van der Waals surface area contributed by atoms with Crippen molar-refractivity contribution in [3.05, 3.63) is 64.7 Å². The number of ether oxygens (including phenoxy) is 1. The predicted octanol–water partition coefficient (Wildman–Crippen LogP) is 3.47. The molecule has 0 fully saturated rings. The number of hydrogen-bond donors (Lipinski definition) is 3. The molecule has 0 heterocycles. The zero-order chi connectivity index (χ0) is 19.8. The summed E-state index contributed by atoms with van der Waals surface area (Å²) in [6.07, 6.45) is 0.991. The topological polar surface area (TPSA) is 79.5 Å². The minimum absolute atomic E-state index is 0.0414. The lowest BCUT2D eigenvalue weighted by molar-refractivity contribution is 0.0934. The van der Waals surface area contributed by atoms with E-state index in [1.54, 1.807) is 48.5 Å². The van der Waals surface area contributed by atoms with Gasteiger partial charge in [-0.05, 0) is 62.0 Å². The number of hydrogen-bond acceptors (Lipinski definition) is 4. The molecule has 0 saturated heterocycles. The number of rotatable bonds is 5. The second-order valence-electron chi connectivity index (χ2n) is 5.70. The summed E-state index contributed by atoms with van der Waals surface area (Å²) in [6, 6.07) is 13.3. The number of nitrogens with one attached hydrogen (secondary N) is 3. The Labute approximate surface area is 168 Å². The van der Waals surface area contributed by atoms with E-state index in [1.165, 1.54) is 0 Å². The summed E-state index contributed by atoms with van der Waals surface area (Å²) in [7, 11) is 0. The highest BCUT2D eigenvalue weighted by Crippen LogP contribution is 2.15. The molecule has 0 aliphatic heterocycles. The van der Waals surface area contributed by atoms with Crippen LogP contribution >= 0.6 is 23.8 Å². The van der Waals surface area contributed by atoms with Gasteiger partial charge < -0.3 is 4.74 Å². The summed E-state index contributed by atoms with van der Waals surface area (Å²) in [4.78, 5) is 24.2. The molecule has 0 aliphatic carbocycles. The molecule has 2 aromatic carbocycles. The van der Waals surface area contributed by atoms with E-state index < -0.39 is 11.8 Å². The van der Waals surface area contributed by atoms with Crippen LogP contribution in [-0.2, 0) is 0 Å². The van der Waals surface area contributed by atoms with Gasteiger partial charge in [0.1, 0.15) is 5.75 Å². The Hall–Kier alpha value is -2.64. The SMILES string of the molecule is CCC(C)Oc1ccc(C(=O)NC(=S)NNC(=O)c2ccccc2Cl)cc1. The Kier molecular flexibility index (Phi) is 7.57. The number of halogens is 1. The van der Waals surface area contributed by atoms with Crippen molar-refractivity contribution >= 4 is 40.7 Å². The maximum Gasteiger partial charge on any atom is 0.271 e. The van der Waals surface area contributed by atoms with Gasteiger partial charge in [0.2, 0.25) is 0 Å². The number of hydrazine groups is 1. The molecule has 2 amide bonds. The van der Waals surface area contributed by atoms with Crippen LogP contribution in [0.4, 0.5) is 0 Å². The second kappa shape index (κ2) is 9.89. The van der Waals surface area contributed by atoms with Gasteiger partial charge >= 0.3 is 0 Å². The third-order valence-electron chi connectivity index (χ3n) is 3.66. The zero-order valence-corrected chi connectivity index (χ0v) is 16.5. The van der Waals surface area contributed by atoms with E-state index in [2.05, 4.69) is 16.2 Å². The Bertz CT molecular complexity index is 827. The first-order valence-electron chi connectivity index (χ1n) is 8.33. The molecule has 0 aromatic heterocycles. The second-order valence-corrected chi connectivity index (χ2v) is 6.52. The first-order chi connectivity index (χ1) is 12.9. The van der Waals surface area contributed by atoms with Gasteiger partial charge in [-0.3, -0.25) is 25.8 Å². The van der Waals surface area contributed by atoms with E-state index in [4.69, 9.17) is 28.6 Å². The van der Waals surface area contributed by atoms with Crippen LogP contribution in [-0.4, -0.2) is 23.0 Å². The molecule has 0 aliphatic rings. The standard InChI is InChI=1S/C19H20ClN3O3S/c1-3-12(2)26-14-10-8-13(9-11-14)17(24)21-19(27)23-22-18(25)15-6-4-5-7-16(15)20/h4-12H,3H2,1-2H3,(H,22,25)(H2,21,23,24,27). The van der Waals surface area contributed by atoms with Gasteiger partial charge in [0.15, 0.2) is 5.11 Å². The van der Waals surface area contributed by atoms with Crippen LogP contribution in [0.25, 0.3) is 0 Å². The third kappa shape index (κ3) is 6.23. The molecule has 2 rings (SSSR count). The molecule has 1 atom stereocenters. The normalized spacial score (nSPS) is 11.2. The zero-order valence-electron chi connectivity index (χ0n) is 14.9. The van der Waals surface area contributed by atoms with Gasteiger partial charge in [-0.1, -0.05) is 30.7 Å². The van der Waals surface area contributed by atoms with Crippen molar-refractivity contribution < 1.29 is 14.3 Å². The predicted molar refractivity (Wildman–Crippen MR) is 109 cm³/mol. The summed E-state index contributed by atoms with van der Waals surface area (Å²) >= 11 is 11.0. The summed E-state index contributed by atoms with van der Waals surface area (Å²) in [5.41, 5.74) is 5.55. The number of benzene rings is 2. The van der Waals surface area contributed by atoms with E-state index in [9.17, 15) is 9.59 Å². The molecule has 0 radical (unpaired) electrons. The highest BCUT2D eigenvalue weighted by atomic mass is 35.5. The lowest BCUT2D eigenvalue weighted by Crippen LogP contribution is -2.48. The van der Waals surface area contributed by atoms with E-state index in [-0.39, 0.29) is 16.8 Å². The first kappa shape index (κ1) is 20.7. The van der Waals surface area contributed by atoms with Gasteiger partial charge in [0.05, 0.1) is 16.7 Å². The monoisotopic (exact) mass is 405 g/mol. The number of thiocarbonyl (C=S) groups is 1. The maximum atomic E-state index is 12.2. The van der Waals surface area contributed by atoms with Crippen molar-refractivity contribution in [1.82, 2.24) is 16.2 Å². The minimum atomic E-state index is -0.469. The van der Waals surface area contributed by atoms with E-state index in [0.29, 0.717) is 16.3 Å². The van der Waals surface area contributed by atoms with E-state index in [1.807, 2.05) is 13.8 Å². The van der Waals surface area contributed by atoms with Crippen LogP contribution < -0.4 is 20.9 Å². The van der Waals surface area contributed by atoms with Crippen molar-refractivity contribution in [2.75, 3.05) is 0 Å². The van der Waals surface area contributed by atoms with E-state index >= 15 is 0 Å². The van der Waals surface area contributed by atoms with Crippen molar-refractivity contribution in [1.29, 1.82) is 0 Å². The van der Waals surface area contributed by atoms with E-state index in [0.717, 1.165) is 6.42 Å². The number of amides is 2. The lowest BCUT2D eigenvalue weighted by Gasteiger charge is -2.13. The molecule has 0 spiro atoms. The molecule has 8 heteroatoms. The minimum Gasteiger partial charge on any atom is -0.491 e. The maximum absolute atomic E-state index is 12.2. The fourth-order valence-corrected chi connectivity index (χ4v) is 2.40. The van der Waals surface area contributed by atoms with Crippen molar-refractivity contribution in [2.45, 2.75) is 26.4 Å². The molecule has 0 saturated carbocycles. The van der Waals surface area contributed by atoms with Crippen molar-refractivity contribution in [3.63, 3.8) is 0 Å². The Morgan fingerprint density at radius 2 is 1.74 bits per heavy atom. The Morgan fingerprint density at radius 1 is 1.07 bits per heavy atom. The molecular formula is C19H20ClN3O3S. The van der Waals surface area contributed by atoms with Gasteiger partial charge in [-0.15, -0.1) is 0 Å². The molecule has 6 nitrogen and oxygen atoms in total. The summed E-state index contributed by atoms with van der Waals surface area (Å²) in [5.74, 6) is -0.188. The molecule has 27 heavy (non-hydrogen) atoms. The van der Waals surface area contributed by atoms with Gasteiger partial charge in [-0.25, -0.2) is 0 Å². The summed E-state index contributed by atoms with van der Waals surface area (Å²) in [6.45, 7) is 4.01. The molecule has 1 unspecified atom stereocenters. The fraction of sp³-hybridized carbons (Fsp3) is 0.211. The van der Waals surface area contributed by atoms with Crippen LogP contribution in [0.3, 0.4) is 0 Å². The van der Waals surface area contributed by atoms with Crippen molar-refractivity contribution in [3.8, 4) is 5.75 Å². The van der Waals surface area contributed by atoms with Crippen LogP contribution in [0.1, 0.15) is 41.0 Å². The average molecular weight is 406 g/mol. The largest absolute Gasteiger partial charge is 0.491 e. The summed E-state index contributed by atoms with van der Waals surface area (Å²) < 4.78 is 5.67. The molecule has 2 aromatic rings. The lowest BCUT2D eigenvalue weighted by atomic mass is 10.2. The number of carbonyl (C=O) groups excluding carboxylic acids is 2. The van der Waals surface area contributed by atoms with Crippen LogP contribution in [0.15, 0.2) is 48.5 Å². The van der Waals surface area contributed by atoms with Crippen LogP contribution in [0.5, 0.6) is 5.75 Å². The van der Waals surface area contributed by atoms with Crippen molar-refractivity contribution in [2.24, 2.45) is 0 Å². The molecule has 3 N–H and O–H groups in total. The first-order valence-corrected chi connectivity index (χ1v) is 9.12. The van der Waals surface area contributed by atoms with Gasteiger partial charge in [0.25, 0.3) is 11.8 Å². The van der Waals surface area contributed by atoms with Gasteiger partial charge in [0, 0.05) is 5.56 Å². The smallest absolute Gasteiger partial charge is 0.271 e. The molecule has 142 valence electrons.